The van der Waals surface area contributed by atoms with Gasteiger partial charge in [0.2, 0.25) is 15.9 Å². The van der Waals surface area contributed by atoms with Gasteiger partial charge >= 0.3 is 0 Å². The van der Waals surface area contributed by atoms with Gasteiger partial charge in [0.1, 0.15) is 0 Å². The summed E-state index contributed by atoms with van der Waals surface area (Å²) in [5.74, 6) is -1.22. The third-order valence-corrected chi connectivity index (χ3v) is 5.60. The monoisotopic (exact) mass is 370 g/mol. The second-order valence-electron chi connectivity index (χ2n) is 5.92. The standard InChI is InChI=1S/C15H22N4O5S/c1-25(23,24)19-8-6-18(7-9-19)13(15(21)17-22)10-11-4-2-3-5-12(11)14(16)20/h2-5,13,22H,6-10H2,1H3,(H2,16,20)(H,17,21)/t13-/m1/s1. The minimum atomic E-state index is -3.28. The minimum absolute atomic E-state index is 0.171. The number of sulfonamides is 1. The zero-order valence-electron chi connectivity index (χ0n) is 13.9. The van der Waals surface area contributed by atoms with Crippen LogP contribution in [0, 0.1) is 0 Å². The SMILES string of the molecule is CS(=O)(=O)N1CCN([C@H](Cc2ccccc2C(N)=O)C(=O)NO)CC1. The molecule has 0 aliphatic carbocycles. The van der Waals surface area contributed by atoms with E-state index in [1.54, 1.807) is 34.6 Å². The van der Waals surface area contributed by atoms with E-state index < -0.39 is 27.9 Å². The lowest BCUT2D eigenvalue weighted by Crippen LogP contribution is -2.56. The third kappa shape index (κ3) is 4.75. The molecule has 1 aromatic carbocycles. The summed E-state index contributed by atoms with van der Waals surface area (Å²) in [5, 5.41) is 9.05. The second kappa shape index (κ2) is 7.91. The molecule has 9 nitrogen and oxygen atoms in total. The third-order valence-electron chi connectivity index (χ3n) is 4.29. The molecule has 1 aromatic rings. The average Bonchev–Trinajstić information content (AvgIpc) is 2.58. The summed E-state index contributed by atoms with van der Waals surface area (Å²) >= 11 is 0. The molecule has 10 heteroatoms. The van der Waals surface area contributed by atoms with Gasteiger partial charge < -0.3 is 5.73 Å². The maximum Gasteiger partial charge on any atom is 0.261 e. The Morgan fingerprint density at radius 3 is 2.36 bits per heavy atom. The molecule has 0 radical (unpaired) electrons. The molecular formula is C15H22N4O5S. The first-order valence-corrected chi connectivity index (χ1v) is 9.59. The predicted molar refractivity (Wildman–Crippen MR) is 90.4 cm³/mol. The Morgan fingerprint density at radius 2 is 1.84 bits per heavy atom. The molecule has 1 aliphatic heterocycles. The van der Waals surface area contributed by atoms with Crippen molar-refractivity contribution in [1.29, 1.82) is 0 Å². The highest BCUT2D eigenvalue weighted by atomic mass is 32.2. The van der Waals surface area contributed by atoms with Crippen molar-refractivity contribution in [2.75, 3.05) is 32.4 Å². The number of carbonyl (C=O) groups excluding carboxylic acids is 2. The molecule has 138 valence electrons. The van der Waals surface area contributed by atoms with Crippen molar-refractivity contribution in [2.45, 2.75) is 12.5 Å². The maximum atomic E-state index is 12.1. The predicted octanol–water partition coefficient (Wildman–Crippen LogP) is -1.22. The lowest BCUT2D eigenvalue weighted by Gasteiger charge is -2.37. The van der Waals surface area contributed by atoms with Gasteiger partial charge in [-0.1, -0.05) is 18.2 Å². The number of amides is 2. The van der Waals surface area contributed by atoms with Crippen LogP contribution in [0.15, 0.2) is 24.3 Å². The van der Waals surface area contributed by atoms with Crippen LogP contribution >= 0.6 is 0 Å². The lowest BCUT2D eigenvalue weighted by atomic mass is 9.98. The Hall–Kier alpha value is -2.01. The van der Waals surface area contributed by atoms with E-state index in [2.05, 4.69) is 0 Å². The molecule has 0 saturated carbocycles. The normalized spacial score (nSPS) is 17.8. The number of nitrogens with one attached hydrogen (secondary N) is 1. The molecule has 1 saturated heterocycles. The molecule has 25 heavy (non-hydrogen) atoms. The average molecular weight is 370 g/mol. The van der Waals surface area contributed by atoms with Crippen molar-refractivity contribution in [2.24, 2.45) is 5.73 Å². The van der Waals surface area contributed by atoms with Crippen LogP contribution < -0.4 is 11.2 Å². The fourth-order valence-corrected chi connectivity index (χ4v) is 3.78. The van der Waals surface area contributed by atoms with Crippen LogP contribution in [0.3, 0.4) is 0 Å². The van der Waals surface area contributed by atoms with Gasteiger partial charge in [0.15, 0.2) is 0 Å². The maximum absolute atomic E-state index is 12.1. The zero-order valence-corrected chi connectivity index (χ0v) is 14.7. The van der Waals surface area contributed by atoms with E-state index in [-0.39, 0.29) is 19.5 Å². The van der Waals surface area contributed by atoms with E-state index in [1.165, 1.54) is 4.31 Å². The van der Waals surface area contributed by atoms with Gasteiger partial charge in [0.05, 0.1) is 12.3 Å². The summed E-state index contributed by atoms with van der Waals surface area (Å²) in [6.07, 6.45) is 1.31. The fourth-order valence-electron chi connectivity index (χ4n) is 2.96. The van der Waals surface area contributed by atoms with Gasteiger partial charge in [-0.05, 0) is 18.1 Å². The Kier molecular flexibility index (Phi) is 6.11. The summed E-state index contributed by atoms with van der Waals surface area (Å²) < 4.78 is 24.5. The Labute approximate surface area is 146 Å². The number of hydroxylamine groups is 1. The molecule has 0 spiro atoms. The van der Waals surface area contributed by atoms with E-state index >= 15 is 0 Å². The lowest BCUT2D eigenvalue weighted by molar-refractivity contribution is -0.135. The molecule has 4 N–H and O–H groups in total. The van der Waals surface area contributed by atoms with Crippen LogP contribution in [-0.4, -0.2) is 73.1 Å². The topological polar surface area (TPSA) is 133 Å². The summed E-state index contributed by atoms with van der Waals surface area (Å²) in [6.45, 7) is 1.19. The summed E-state index contributed by atoms with van der Waals surface area (Å²) in [4.78, 5) is 25.5. The second-order valence-corrected chi connectivity index (χ2v) is 7.90. The molecule has 1 fully saturated rings. The smallest absolute Gasteiger partial charge is 0.261 e. The largest absolute Gasteiger partial charge is 0.366 e. The van der Waals surface area contributed by atoms with E-state index in [1.807, 2.05) is 0 Å². The number of carbonyl (C=O) groups is 2. The highest BCUT2D eigenvalue weighted by Crippen LogP contribution is 2.17. The molecule has 0 aromatic heterocycles. The highest BCUT2D eigenvalue weighted by Gasteiger charge is 2.32. The molecular weight excluding hydrogens is 348 g/mol. The molecule has 1 heterocycles. The van der Waals surface area contributed by atoms with Crippen molar-refractivity contribution in [3.8, 4) is 0 Å². The summed E-state index contributed by atoms with van der Waals surface area (Å²) in [6, 6.07) is 5.94. The molecule has 1 atom stereocenters. The van der Waals surface area contributed by atoms with Crippen LogP contribution in [-0.2, 0) is 21.2 Å². The fraction of sp³-hybridized carbons (Fsp3) is 0.467. The van der Waals surface area contributed by atoms with Gasteiger partial charge in [0, 0.05) is 31.7 Å². The number of hydrogen-bond donors (Lipinski definition) is 3. The van der Waals surface area contributed by atoms with Crippen molar-refractivity contribution >= 4 is 21.8 Å². The van der Waals surface area contributed by atoms with Gasteiger partial charge in [0.25, 0.3) is 5.91 Å². The number of hydrogen-bond acceptors (Lipinski definition) is 6. The summed E-state index contributed by atoms with van der Waals surface area (Å²) in [5.41, 5.74) is 7.92. The van der Waals surface area contributed by atoms with E-state index in [0.29, 0.717) is 24.2 Å². The Balaban J connectivity index is 2.19. The number of piperazine rings is 1. The Bertz CT molecular complexity index is 744. The zero-order chi connectivity index (χ0) is 18.6. The minimum Gasteiger partial charge on any atom is -0.366 e. The molecule has 0 bridgehead atoms. The number of nitrogens with two attached hydrogens (primary N) is 1. The van der Waals surface area contributed by atoms with Gasteiger partial charge in [-0.2, -0.15) is 4.31 Å². The number of rotatable bonds is 6. The first-order chi connectivity index (χ1) is 11.7. The highest BCUT2D eigenvalue weighted by molar-refractivity contribution is 7.88. The Morgan fingerprint density at radius 1 is 1.24 bits per heavy atom. The van der Waals surface area contributed by atoms with Crippen LogP contribution in [0.4, 0.5) is 0 Å². The van der Waals surface area contributed by atoms with E-state index in [9.17, 15) is 18.0 Å². The summed E-state index contributed by atoms with van der Waals surface area (Å²) in [7, 11) is -3.28. The number of benzene rings is 1. The van der Waals surface area contributed by atoms with Crippen molar-refractivity contribution in [1.82, 2.24) is 14.7 Å². The van der Waals surface area contributed by atoms with Crippen LogP contribution in [0.1, 0.15) is 15.9 Å². The van der Waals surface area contributed by atoms with E-state index in [0.717, 1.165) is 6.26 Å². The van der Waals surface area contributed by atoms with Gasteiger partial charge in [-0.15, -0.1) is 0 Å². The number of nitrogens with zero attached hydrogens (tertiary/aromatic N) is 2. The van der Waals surface area contributed by atoms with Crippen molar-refractivity contribution in [3.63, 3.8) is 0 Å². The molecule has 0 unspecified atom stereocenters. The van der Waals surface area contributed by atoms with Crippen molar-refractivity contribution < 1.29 is 23.2 Å². The first-order valence-electron chi connectivity index (χ1n) is 7.75. The molecule has 1 aliphatic rings. The quantitative estimate of drug-likeness (QED) is 0.425. The van der Waals surface area contributed by atoms with Gasteiger partial charge in [-0.3, -0.25) is 19.7 Å². The van der Waals surface area contributed by atoms with E-state index in [4.69, 9.17) is 10.9 Å². The van der Waals surface area contributed by atoms with Crippen LogP contribution in [0.25, 0.3) is 0 Å². The van der Waals surface area contributed by atoms with Crippen molar-refractivity contribution in [3.05, 3.63) is 35.4 Å². The molecule has 2 rings (SSSR count). The first kappa shape index (κ1) is 19.3. The number of primary amides is 1. The van der Waals surface area contributed by atoms with Crippen LogP contribution in [0.2, 0.25) is 0 Å². The molecule has 2 amide bonds. The van der Waals surface area contributed by atoms with Crippen LogP contribution in [0.5, 0.6) is 0 Å². The van der Waals surface area contributed by atoms with Gasteiger partial charge in [-0.25, -0.2) is 13.9 Å².